The van der Waals surface area contributed by atoms with Gasteiger partial charge in [-0.2, -0.15) is 4.98 Å². The first-order chi connectivity index (χ1) is 10.2. The number of nitrogens with one attached hydrogen (secondary N) is 1. The molecule has 0 spiro atoms. The zero-order chi connectivity index (χ0) is 14.7. The highest BCUT2D eigenvalue weighted by atomic mass is 16.5. The fourth-order valence-corrected chi connectivity index (χ4v) is 2.41. The molecule has 1 aliphatic heterocycles. The Morgan fingerprint density at radius 1 is 1.10 bits per heavy atom. The second-order valence-electron chi connectivity index (χ2n) is 5.29. The fourth-order valence-electron chi connectivity index (χ4n) is 2.41. The number of hydrogen-bond acceptors (Lipinski definition) is 5. The molecule has 1 fully saturated rings. The maximum atomic E-state index is 5.39. The molecule has 1 aromatic carbocycles. The summed E-state index contributed by atoms with van der Waals surface area (Å²) < 4.78 is 5.39. The lowest BCUT2D eigenvalue weighted by atomic mass is 10.2. The first kappa shape index (κ1) is 13.8. The molecular weight excluding hydrogens is 264 g/mol. The number of aromatic nitrogens is 2. The minimum atomic E-state index is 0.641. The van der Waals surface area contributed by atoms with Gasteiger partial charge in [-0.3, -0.25) is 0 Å². The lowest BCUT2D eigenvalue weighted by Gasteiger charge is -2.28. The quantitative estimate of drug-likeness (QED) is 0.939. The van der Waals surface area contributed by atoms with E-state index in [1.54, 1.807) is 0 Å². The van der Waals surface area contributed by atoms with Gasteiger partial charge in [0.05, 0.1) is 13.2 Å². The molecule has 1 aromatic heterocycles. The van der Waals surface area contributed by atoms with Crippen molar-refractivity contribution in [3.05, 3.63) is 41.6 Å². The molecule has 1 N–H and O–H groups in total. The van der Waals surface area contributed by atoms with Crippen molar-refractivity contribution in [2.24, 2.45) is 0 Å². The van der Waals surface area contributed by atoms with Crippen LogP contribution in [0.15, 0.2) is 30.3 Å². The van der Waals surface area contributed by atoms with E-state index in [1.165, 1.54) is 5.56 Å². The molecular formula is C16H20N4O. The zero-order valence-corrected chi connectivity index (χ0v) is 12.5. The highest BCUT2D eigenvalue weighted by Gasteiger charge is 2.14. The van der Waals surface area contributed by atoms with Crippen molar-refractivity contribution >= 4 is 17.5 Å². The van der Waals surface area contributed by atoms with E-state index < -0.39 is 0 Å². The van der Waals surface area contributed by atoms with Crippen LogP contribution in [0.5, 0.6) is 0 Å². The Labute approximate surface area is 125 Å². The van der Waals surface area contributed by atoms with E-state index in [4.69, 9.17) is 4.74 Å². The minimum Gasteiger partial charge on any atom is -0.378 e. The molecule has 0 atom stereocenters. The summed E-state index contributed by atoms with van der Waals surface area (Å²) in [7, 11) is 0. The molecule has 3 rings (SSSR count). The standard InChI is InChI=1S/C16H20N4O/c1-12-4-3-5-14(10-12)18-16-17-13(2)11-15(19-16)20-6-8-21-9-7-20/h3-5,10-11H,6-9H2,1-2H3,(H,17,18,19). The number of ether oxygens (including phenoxy) is 1. The van der Waals surface area contributed by atoms with Gasteiger partial charge in [-0.1, -0.05) is 12.1 Å². The summed E-state index contributed by atoms with van der Waals surface area (Å²) in [5.74, 6) is 1.60. The van der Waals surface area contributed by atoms with Gasteiger partial charge in [0.15, 0.2) is 0 Å². The fraction of sp³-hybridized carbons (Fsp3) is 0.375. The van der Waals surface area contributed by atoms with Gasteiger partial charge in [-0.05, 0) is 31.5 Å². The maximum Gasteiger partial charge on any atom is 0.229 e. The smallest absolute Gasteiger partial charge is 0.229 e. The Balaban J connectivity index is 1.83. The van der Waals surface area contributed by atoms with Crippen molar-refractivity contribution in [3.8, 4) is 0 Å². The summed E-state index contributed by atoms with van der Waals surface area (Å²) in [6.45, 7) is 7.32. The molecule has 1 aliphatic rings. The Bertz CT molecular complexity index is 623. The van der Waals surface area contributed by atoms with Crippen LogP contribution in [0, 0.1) is 13.8 Å². The zero-order valence-electron chi connectivity index (χ0n) is 12.5. The second kappa shape index (κ2) is 6.10. The second-order valence-corrected chi connectivity index (χ2v) is 5.29. The molecule has 5 heteroatoms. The average molecular weight is 284 g/mol. The predicted octanol–water partition coefficient (Wildman–Crippen LogP) is 2.67. The molecule has 0 aliphatic carbocycles. The summed E-state index contributed by atoms with van der Waals surface area (Å²) in [6, 6.07) is 10.2. The van der Waals surface area contributed by atoms with E-state index >= 15 is 0 Å². The van der Waals surface area contributed by atoms with Crippen molar-refractivity contribution in [2.45, 2.75) is 13.8 Å². The molecule has 0 unspecified atom stereocenters. The average Bonchev–Trinajstić information content (AvgIpc) is 2.47. The third kappa shape index (κ3) is 3.49. The summed E-state index contributed by atoms with van der Waals surface area (Å²) in [4.78, 5) is 11.3. The Hall–Kier alpha value is -2.14. The largest absolute Gasteiger partial charge is 0.378 e. The number of morpholine rings is 1. The van der Waals surface area contributed by atoms with E-state index in [2.05, 4.69) is 39.2 Å². The van der Waals surface area contributed by atoms with Gasteiger partial charge < -0.3 is 15.0 Å². The third-order valence-corrected chi connectivity index (χ3v) is 3.45. The molecule has 2 heterocycles. The number of nitrogens with zero attached hydrogens (tertiary/aromatic N) is 3. The van der Waals surface area contributed by atoms with Crippen LogP contribution in [-0.4, -0.2) is 36.3 Å². The normalized spacial score (nSPS) is 15.0. The van der Waals surface area contributed by atoms with Crippen molar-refractivity contribution in [1.29, 1.82) is 0 Å². The lowest BCUT2D eigenvalue weighted by molar-refractivity contribution is 0.122. The molecule has 1 saturated heterocycles. The lowest BCUT2D eigenvalue weighted by Crippen LogP contribution is -2.36. The Kier molecular flexibility index (Phi) is 4.01. The maximum absolute atomic E-state index is 5.39. The van der Waals surface area contributed by atoms with E-state index in [9.17, 15) is 0 Å². The van der Waals surface area contributed by atoms with Crippen LogP contribution < -0.4 is 10.2 Å². The molecule has 0 bridgehead atoms. The molecule has 0 amide bonds. The van der Waals surface area contributed by atoms with Gasteiger partial charge in [-0.15, -0.1) is 0 Å². The van der Waals surface area contributed by atoms with Gasteiger partial charge in [0.25, 0.3) is 0 Å². The number of benzene rings is 1. The highest BCUT2D eigenvalue weighted by Crippen LogP contribution is 2.19. The van der Waals surface area contributed by atoms with Crippen molar-refractivity contribution in [2.75, 3.05) is 36.5 Å². The molecule has 0 radical (unpaired) electrons. The predicted molar refractivity (Wildman–Crippen MR) is 84.3 cm³/mol. The van der Waals surface area contributed by atoms with Crippen LogP contribution in [0.1, 0.15) is 11.3 Å². The third-order valence-electron chi connectivity index (χ3n) is 3.45. The molecule has 21 heavy (non-hydrogen) atoms. The van der Waals surface area contributed by atoms with Gasteiger partial charge >= 0.3 is 0 Å². The number of anilines is 3. The van der Waals surface area contributed by atoms with Crippen molar-refractivity contribution < 1.29 is 4.74 Å². The van der Waals surface area contributed by atoms with E-state index in [0.717, 1.165) is 43.5 Å². The van der Waals surface area contributed by atoms with E-state index in [0.29, 0.717) is 5.95 Å². The van der Waals surface area contributed by atoms with Crippen molar-refractivity contribution in [1.82, 2.24) is 9.97 Å². The number of rotatable bonds is 3. The van der Waals surface area contributed by atoms with Crippen molar-refractivity contribution in [3.63, 3.8) is 0 Å². The Morgan fingerprint density at radius 3 is 2.67 bits per heavy atom. The number of hydrogen-bond donors (Lipinski definition) is 1. The van der Waals surface area contributed by atoms with Gasteiger partial charge in [0, 0.05) is 30.5 Å². The first-order valence-corrected chi connectivity index (χ1v) is 7.23. The summed E-state index contributed by atoms with van der Waals surface area (Å²) >= 11 is 0. The molecule has 110 valence electrons. The van der Waals surface area contributed by atoms with Gasteiger partial charge in [-0.25, -0.2) is 4.98 Å². The van der Waals surface area contributed by atoms with Crippen LogP contribution in [-0.2, 0) is 4.74 Å². The van der Waals surface area contributed by atoms with Crippen LogP contribution in [0.3, 0.4) is 0 Å². The minimum absolute atomic E-state index is 0.641. The van der Waals surface area contributed by atoms with E-state index in [1.807, 2.05) is 25.1 Å². The summed E-state index contributed by atoms with van der Waals surface area (Å²) in [5.41, 5.74) is 3.18. The molecule has 0 saturated carbocycles. The Morgan fingerprint density at radius 2 is 1.90 bits per heavy atom. The van der Waals surface area contributed by atoms with E-state index in [-0.39, 0.29) is 0 Å². The van der Waals surface area contributed by atoms with Crippen LogP contribution >= 0.6 is 0 Å². The first-order valence-electron chi connectivity index (χ1n) is 7.23. The van der Waals surface area contributed by atoms with Gasteiger partial charge in [0.1, 0.15) is 5.82 Å². The monoisotopic (exact) mass is 284 g/mol. The molecule has 2 aromatic rings. The SMILES string of the molecule is Cc1cccc(Nc2nc(C)cc(N3CCOCC3)n2)c1. The molecule has 5 nitrogen and oxygen atoms in total. The van der Waals surface area contributed by atoms with Gasteiger partial charge in [0.2, 0.25) is 5.95 Å². The van der Waals surface area contributed by atoms with Crippen LogP contribution in [0.25, 0.3) is 0 Å². The number of aryl methyl sites for hydroxylation is 2. The van der Waals surface area contributed by atoms with Crippen LogP contribution in [0.2, 0.25) is 0 Å². The van der Waals surface area contributed by atoms with Crippen LogP contribution in [0.4, 0.5) is 17.5 Å². The highest BCUT2D eigenvalue weighted by molar-refractivity contribution is 5.56. The summed E-state index contributed by atoms with van der Waals surface area (Å²) in [5, 5.41) is 3.28. The topological polar surface area (TPSA) is 50.3 Å². The summed E-state index contributed by atoms with van der Waals surface area (Å²) in [6.07, 6.45) is 0.